The Bertz CT molecular complexity index is 473. The number of nitrogens with zero attached hydrogens (tertiary/aromatic N) is 3. The second-order valence-corrected chi connectivity index (χ2v) is 4.21. The van der Waals surface area contributed by atoms with Crippen molar-refractivity contribution >= 4 is 23.5 Å². The van der Waals surface area contributed by atoms with Gasteiger partial charge >= 0.3 is 6.18 Å². The minimum absolute atomic E-state index is 0.00937. The summed E-state index contributed by atoms with van der Waals surface area (Å²) < 4.78 is 37.7. The zero-order chi connectivity index (χ0) is 14.6. The van der Waals surface area contributed by atoms with Gasteiger partial charge in [-0.15, -0.1) is 0 Å². The van der Waals surface area contributed by atoms with Crippen LogP contribution in [0.25, 0.3) is 0 Å². The third-order valence-electron chi connectivity index (χ3n) is 1.87. The molecular weight excluding hydrogens is 283 g/mol. The molecule has 0 fully saturated rings. The highest BCUT2D eigenvalue weighted by atomic mass is 35.5. The summed E-state index contributed by atoms with van der Waals surface area (Å²) >= 11 is 5.63. The van der Waals surface area contributed by atoms with Crippen molar-refractivity contribution in [2.45, 2.75) is 33.0 Å². The van der Waals surface area contributed by atoms with E-state index >= 15 is 0 Å². The van der Waals surface area contributed by atoms with Crippen LogP contribution in [-0.4, -0.2) is 27.2 Å². The van der Waals surface area contributed by atoms with Gasteiger partial charge in [-0.2, -0.15) is 28.1 Å². The molecule has 0 aliphatic rings. The Morgan fingerprint density at radius 2 is 1.79 bits per heavy atom. The number of anilines is 2. The summed E-state index contributed by atoms with van der Waals surface area (Å²) in [5, 5.41) is 4.71. The third kappa shape index (κ3) is 4.90. The molecule has 0 bridgehead atoms. The summed E-state index contributed by atoms with van der Waals surface area (Å²) in [6.07, 6.45) is -3.63. The maximum Gasteiger partial charge on any atom is 0.431 e. The smallest absolute Gasteiger partial charge is 0.352 e. The molecule has 0 aliphatic carbocycles. The van der Waals surface area contributed by atoms with E-state index in [1.807, 2.05) is 13.8 Å². The van der Waals surface area contributed by atoms with Gasteiger partial charge in [-0.3, -0.25) is 0 Å². The minimum Gasteiger partial charge on any atom is -0.352 e. The SMILES string of the molecule is CC=C(Nc1nc(Cl)nc(NC(C)C)n1)C(F)(F)F. The van der Waals surface area contributed by atoms with Gasteiger partial charge in [0.25, 0.3) is 0 Å². The van der Waals surface area contributed by atoms with Crippen molar-refractivity contribution in [2.75, 3.05) is 10.6 Å². The topological polar surface area (TPSA) is 62.7 Å². The lowest BCUT2D eigenvalue weighted by Gasteiger charge is -2.14. The first-order valence-electron chi connectivity index (χ1n) is 5.41. The average molecular weight is 296 g/mol. The number of allylic oxidation sites excluding steroid dienone is 2. The highest BCUT2D eigenvalue weighted by Gasteiger charge is 2.33. The first kappa shape index (κ1) is 15.5. The predicted molar refractivity (Wildman–Crippen MR) is 67.0 cm³/mol. The van der Waals surface area contributed by atoms with Crippen molar-refractivity contribution in [3.8, 4) is 0 Å². The van der Waals surface area contributed by atoms with E-state index in [-0.39, 0.29) is 23.2 Å². The van der Waals surface area contributed by atoms with Crippen molar-refractivity contribution < 1.29 is 13.2 Å². The number of alkyl halides is 3. The Morgan fingerprint density at radius 1 is 1.21 bits per heavy atom. The first-order chi connectivity index (χ1) is 8.72. The van der Waals surface area contributed by atoms with E-state index in [2.05, 4.69) is 25.6 Å². The van der Waals surface area contributed by atoms with E-state index < -0.39 is 11.9 Å². The Hall–Kier alpha value is -1.57. The fourth-order valence-corrected chi connectivity index (χ4v) is 1.32. The van der Waals surface area contributed by atoms with Crippen LogP contribution >= 0.6 is 11.6 Å². The molecule has 0 saturated carbocycles. The lowest BCUT2D eigenvalue weighted by atomic mass is 10.4. The molecule has 2 N–H and O–H groups in total. The van der Waals surface area contributed by atoms with Crippen molar-refractivity contribution in [1.29, 1.82) is 0 Å². The van der Waals surface area contributed by atoms with Gasteiger partial charge in [-0.05, 0) is 32.4 Å². The summed E-state index contributed by atoms with van der Waals surface area (Å²) in [7, 11) is 0. The highest BCUT2D eigenvalue weighted by Crippen LogP contribution is 2.26. The first-order valence-corrected chi connectivity index (χ1v) is 5.78. The van der Waals surface area contributed by atoms with Crippen molar-refractivity contribution in [3.63, 3.8) is 0 Å². The summed E-state index contributed by atoms with van der Waals surface area (Å²) in [4.78, 5) is 11.2. The maximum atomic E-state index is 12.6. The molecule has 1 aromatic rings. The molecule has 0 radical (unpaired) electrons. The van der Waals surface area contributed by atoms with E-state index in [0.29, 0.717) is 0 Å². The largest absolute Gasteiger partial charge is 0.431 e. The van der Waals surface area contributed by atoms with Crippen LogP contribution in [0.1, 0.15) is 20.8 Å². The van der Waals surface area contributed by atoms with Crippen LogP contribution in [-0.2, 0) is 0 Å². The molecule has 106 valence electrons. The minimum atomic E-state index is -4.51. The quantitative estimate of drug-likeness (QED) is 0.893. The molecule has 5 nitrogen and oxygen atoms in total. The van der Waals surface area contributed by atoms with Crippen molar-refractivity contribution in [3.05, 3.63) is 17.1 Å². The third-order valence-corrected chi connectivity index (χ3v) is 2.04. The summed E-state index contributed by atoms with van der Waals surface area (Å²) in [5.74, 6) is -0.163. The van der Waals surface area contributed by atoms with E-state index in [0.717, 1.165) is 6.08 Å². The Labute approximate surface area is 113 Å². The molecule has 1 rings (SSSR count). The van der Waals surface area contributed by atoms with Crippen LogP contribution in [0.5, 0.6) is 0 Å². The van der Waals surface area contributed by atoms with Gasteiger partial charge < -0.3 is 10.6 Å². The second kappa shape index (κ2) is 6.05. The monoisotopic (exact) mass is 295 g/mol. The molecule has 0 spiro atoms. The van der Waals surface area contributed by atoms with E-state index in [9.17, 15) is 13.2 Å². The predicted octanol–water partition coefficient (Wildman–Crippen LogP) is 3.22. The number of rotatable bonds is 4. The Kier molecular flexibility index (Phi) is 4.93. The fourth-order valence-electron chi connectivity index (χ4n) is 1.16. The standard InChI is InChI=1S/C10H13ClF3N5/c1-4-6(10(12,13)14)16-9-18-7(11)17-8(19-9)15-5(2)3/h4-5H,1-3H3,(H2,15,16,17,18,19). The maximum absolute atomic E-state index is 12.6. The van der Waals surface area contributed by atoms with Crippen LogP contribution in [0, 0.1) is 0 Å². The molecule has 0 aliphatic heterocycles. The van der Waals surface area contributed by atoms with Gasteiger partial charge in [-0.25, -0.2) is 0 Å². The zero-order valence-electron chi connectivity index (χ0n) is 10.5. The molecule has 0 amide bonds. The van der Waals surface area contributed by atoms with Gasteiger partial charge in [0.2, 0.25) is 17.2 Å². The van der Waals surface area contributed by atoms with Gasteiger partial charge in [0.15, 0.2) is 0 Å². The van der Waals surface area contributed by atoms with Crippen LogP contribution in [0.3, 0.4) is 0 Å². The summed E-state index contributed by atoms with van der Waals surface area (Å²) in [6, 6.07) is 0.00937. The number of aromatic nitrogens is 3. The molecule has 1 heterocycles. The lowest BCUT2D eigenvalue weighted by molar-refractivity contribution is -0.0904. The summed E-state index contributed by atoms with van der Waals surface area (Å²) in [6.45, 7) is 4.92. The van der Waals surface area contributed by atoms with E-state index in [1.54, 1.807) is 0 Å². The van der Waals surface area contributed by atoms with Crippen molar-refractivity contribution in [1.82, 2.24) is 15.0 Å². The van der Waals surface area contributed by atoms with Crippen molar-refractivity contribution in [2.24, 2.45) is 0 Å². The Balaban J connectivity index is 2.98. The number of nitrogens with one attached hydrogen (secondary N) is 2. The van der Waals surface area contributed by atoms with Crippen LogP contribution in [0.2, 0.25) is 5.28 Å². The molecular formula is C10H13ClF3N5. The average Bonchev–Trinajstić information content (AvgIpc) is 2.22. The van der Waals surface area contributed by atoms with Gasteiger partial charge in [-0.1, -0.05) is 6.08 Å². The molecule has 0 aromatic carbocycles. The Morgan fingerprint density at radius 3 is 2.26 bits per heavy atom. The molecule has 0 unspecified atom stereocenters. The van der Waals surface area contributed by atoms with E-state index in [4.69, 9.17) is 11.6 Å². The molecule has 9 heteroatoms. The lowest BCUT2D eigenvalue weighted by Crippen LogP contribution is -2.21. The van der Waals surface area contributed by atoms with E-state index in [1.165, 1.54) is 6.92 Å². The van der Waals surface area contributed by atoms with Gasteiger partial charge in [0, 0.05) is 6.04 Å². The molecule has 0 atom stereocenters. The number of halogens is 4. The number of hydrogen-bond donors (Lipinski definition) is 2. The normalized spacial score (nSPS) is 12.7. The van der Waals surface area contributed by atoms with Crippen LogP contribution in [0.15, 0.2) is 11.8 Å². The van der Waals surface area contributed by atoms with Crippen LogP contribution < -0.4 is 10.6 Å². The molecule has 0 saturated heterocycles. The van der Waals surface area contributed by atoms with Crippen LogP contribution in [0.4, 0.5) is 25.1 Å². The highest BCUT2D eigenvalue weighted by molar-refractivity contribution is 6.28. The molecule has 1 aromatic heterocycles. The second-order valence-electron chi connectivity index (χ2n) is 3.88. The number of hydrogen-bond acceptors (Lipinski definition) is 5. The fraction of sp³-hybridized carbons (Fsp3) is 0.500. The van der Waals surface area contributed by atoms with Gasteiger partial charge in [0.1, 0.15) is 5.70 Å². The van der Waals surface area contributed by atoms with Gasteiger partial charge in [0.05, 0.1) is 0 Å². The molecule has 19 heavy (non-hydrogen) atoms. The zero-order valence-corrected chi connectivity index (χ0v) is 11.3. The summed E-state index contributed by atoms with van der Waals surface area (Å²) in [5.41, 5.74) is -0.967.